The number of aromatic nitrogens is 2. The number of carbonyl (C=O) groups excluding carboxylic acids is 1. The molecular weight excluding hydrogens is 496 g/mol. The number of nitrogens with zero attached hydrogens (tertiary/aromatic N) is 2. The Morgan fingerprint density at radius 3 is 2.17 bits per heavy atom. The molecule has 6 heteroatoms. The molecule has 0 fully saturated rings. The highest BCUT2D eigenvalue weighted by molar-refractivity contribution is 6.06. The number of para-hydroxylation sites is 4. The van der Waals surface area contributed by atoms with E-state index in [9.17, 15) is 9.90 Å². The third kappa shape index (κ3) is 4.67. The molecule has 1 heterocycles. The van der Waals surface area contributed by atoms with Gasteiger partial charge in [0.15, 0.2) is 0 Å². The Morgan fingerprint density at radius 1 is 0.775 bits per heavy atom. The summed E-state index contributed by atoms with van der Waals surface area (Å²) in [6, 6.07) is 38.4. The van der Waals surface area contributed by atoms with Crippen LogP contribution in [0.5, 0.6) is 5.75 Å². The minimum Gasteiger partial charge on any atom is -0.508 e. The van der Waals surface area contributed by atoms with Gasteiger partial charge in [0.25, 0.3) is 5.91 Å². The van der Waals surface area contributed by atoms with Crippen molar-refractivity contribution in [2.45, 2.75) is 13.5 Å². The summed E-state index contributed by atoms with van der Waals surface area (Å²) in [5, 5.41) is 22.5. The van der Waals surface area contributed by atoms with E-state index in [1.807, 2.05) is 125 Å². The molecule has 1 aromatic heterocycles. The van der Waals surface area contributed by atoms with Crippen molar-refractivity contribution < 1.29 is 9.90 Å². The first-order chi connectivity index (χ1) is 19.5. The maximum Gasteiger partial charge on any atom is 0.255 e. The molecule has 0 radical (unpaired) electrons. The largest absolute Gasteiger partial charge is 0.508 e. The smallest absolute Gasteiger partial charge is 0.255 e. The fourth-order valence-corrected chi connectivity index (χ4v) is 5.00. The lowest BCUT2D eigenvalue weighted by atomic mass is 10.0. The van der Waals surface area contributed by atoms with Crippen LogP contribution in [-0.2, 0) is 6.54 Å². The summed E-state index contributed by atoms with van der Waals surface area (Å²) < 4.78 is 3.80. The van der Waals surface area contributed by atoms with Gasteiger partial charge in [0.05, 0.1) is 17.6 Å². The summed E-state index contributed by atoms with van der Waals surface area (Å²) in [5.74, 6) is 0.0551. The van der Waals surface area contributed by atoms with Crippen LogP contribution >= 0.6 is 0 Å². The summed E-state index contributed by atoms with van der Waals surface area (Å²) in [6.45, 7) is 2.37. The van der Waals surface area contributed by atoms with Crippen LogP contribution in [0.2, 0.25) is 0 Å². The van der Waals surface area contributed by atoms with Crippen molar-refractivity contribution >= 4 is 22.6 Å². The zero-order chi connectivity index (χ0) is 27.6. The fourth-order valence-electron chi connectivity index (χ4n) is 5.00. The molecule has 6 nitrogen and oxygen atoms in total. The van der Waals surface area contributed by atoms with Crippen LogP contribution in [0.3, 0.4) is 0 Å². The van der Waals surface area contributed by atoms with Gasteiger partial charge < -0.3 is 15.0 Å². The third-order valence-electron chi connectivity index (χ3n) is 7.13. The number of hydrogen-bond acceptors (Lipinski definition) is 3. The molecule has 5 aromatic carbocycles. The predicted molar refractivity (Wildman–Crippen MR) is 159 cm³/mol. The lowest BCUT2D eigenvalue weighted by Gasteiger charge is -2.13. The van der Waals surface area contributed by atoms with Gasteiger partial charge in [-0.15, -0.1) is 0 Å². The highest BCUT2D eigenvalue weighted by Crippen LogP contribution is 2.30. The highest BCUT2D eigenvalue weighted by atomic mass is 16.3. The van der Waals surface area contributed by atoms with Crippen LogP contribution in [0.15, 0.2) is 121 Å². The number of fused-ring (bicyclic) bond motifs is 1. The quantitative estimate of drug-likeness (QED) is 0.222. The number of aromatic hydroxyl groups is 1. The Hall–Kier alpha value is -5.36. The predicted octanol–water partition coefficient (Wildman–Crippen LogP) is 6.89. The molecule has 0 aliphatic rings. The molecule has 6 rings (SSSR count). The number of benzene rings is 5. The average molecular weight is 525 g/mol. The molecule has 40 heavy (non-hydrogen) atoms. The monoisotopic (exact) mass is 524 g/mol. The summed E-state index contributed by atoms with van der Waals surface area (Å²) in [4.78, 5) is 12.9. The molecule has 3 N–H and O–H groups in total. The summed E-state index contributed by atoms with van der Waals surface area (Å²) in [7, 11) is 0. The molecule has 0 bridgehead atoms. The lowest BCUT2D eigenvalue weighted by molar-refractivity contribution is 0.102. The first kappa shape index (κ1) is 24.9. The molecule has 0 atom stereocenters. The number of nitrogens with one attached hydrogen (secondary N) is 2. The van der Waals surface area contributed by atoms with Crippen molar-refractivity contribution in [1.82, 2.24) is 9.13 Å². The number of rotatable bonds is 6. The van der Waals surface area contributed by atoms with Crippen LogP contribution < -0.4 is 10.9 Å². The molecule has 1 amide bonds. The number of amides is 1. The molecule has 0 aliphatic heterocycles. The number of phenols is 1. The topological polar surface area (TPSA) is 83.0 Å². The molecule has 6 aromatic rings. The molecule has 0 saturated carbocycles. The molecule has 0 saturated heterocycles. The first-order valence-electron chi connectivity index (χ1n) is 13.1. The van der Waals surface area contributed by atoms with E-state index in [0.29, 0.717) is 17.7 Å². The van der Waals surface area contributed by atoms with Crippen molar-refractivity contribution in [3.63, 3.8) is 0 Å². The molecule has 0 aliphatic carbocycles. The molecule has 196 valence electrons. The summed E-state index contributed by atoms with van der Waals surface area (Å²) in [5.41, 5.74) is 8.02. The SMILES string of the molecule is Cc1ccc(C(=O)Nc2ccccc2-c2ccc(-n3c(=N)n(Cc4ccccc4O)c4ccccc43)cc2)cc1. The second-order valence-electron chi connectivity index (χ2n) is 9.78. The number of hydrogen-bond donors (Lipinski definition) is 3. The van der Waals surface area contributed by atoms with Crippen molar-refractivity contribution in [2.75, 3.05) is 5.32 Å². The Morgan fingerprint density at radius 2 is 1.43 bits per heavy atom. The first-order valence-corrected chi connectivity index (χ1v) is 13.1. The number of phenolic OH excluding ortho intramolecular Hbond substituents is 1. The van der Waals surface area contributed by atoms with Gasteiger partial charge >= 0.3 is 0 Å². The second kappa shape index (κ2) is 10.4. The van der Waals surface area contributed by atoms with Crippen molar-refractivity contribution in [1.29, 1.82) is 5.41 Å². The second-order valence-corrected chi connectivity index (χ2v) is 9.78. The lowest BCUT2D eigenvalue weighted by Crippen LogP contribution is -2.24. The number of imidazole rings is 1. The summed E-state index contributed by atoms with van der Waals surface area (Å²) in [6.07, 6.45) is 0. The van der Waals surface area contributed by atoms with Gasteiger partial charge in [-0.05, 0) is 61.0 Å². The van der Waals surface area contributed by atoms with Gasteiger partial charge in [-0.25, -0.2) is 0 Å². The maximum atomic E-state index is 12.9. The molecule has 0 spiro atoms. The highest BCUT2D eigenvalue weighted by Gasteiger charge is 2.15. The maximum absolute atomic E-state index is 12.9. The van der Waals surface area contributed by atoms with Crippen LogP contribution in [0.4, 0.5) is 5.69 Å². The van der Waals surface area contributed by atoms with Crippen molar-refractivity contribution in [3.8, 4) is 22.6 Å². The van der Waals surface area contributed by atoms with Gasteiger partial charge in [-0.3, -0.25) is 14.8 Å². The average Bonchev–Trinajstić information content (AvgIpc) is 3.26. The van der Waals surface area contributed by atoms with Gasteiger partial charge in [0, 0.05) is 28.1 Å². The molecule has 0 unspecified atom stereocenters. The minimum atomic E-state index is -0.157. The number of aryl methyl sites for hydroxylation is 1. The Labute approximate surface area is 231 Å². The van der Waals surface area contributed by atoms with Gasteiger partial charge in [-0.1, -0.05) is 78.4 Å². The zero-order valence-corrected chi connectivity index (χ0v) is 22.0. The standard InChI is InChI=1S/C34H28N4O2/c1-23-14-16-25(17-15-23)33(40)36-29-10-4-3-9-28(29)24-18-20-27(21-19-24)38-31-12-6-5-11-30(31)37(34(38)35)22-26-8-2-7-13-32(26)39/h2-21,35,39H,22H2,1H3,(H,36,40). The normalized spacial score (nSPS) is 11.0. The van der Waals surface area contributed by atoms with Gasteiger partial charge in [0.1, 0.15) is 5.75 Å². The Balaban J connectivity index is 1.35. The van der Waals surface area contributed by atoms with E-state index in [1.54, 1.807) is 12.1 Å². The zero-order valence-electron chi connectivity index (χ0n) is 22.0. The number of anilines is 1. The van der Waals surface area contributed by atoms with Gasteiger partial charge in [0.2, 0.25) is 5.62 Å². The van der Waals surface area contributed by atoms with Crippen molar-refractivity contribution in [3.05, 3.63) is 144 Å². The van der Waals surface area contributed by atoms with Gasteiger partial charge in [-0.2, -0.15) is 0 Å². The Kier molecular flexibility index (Phi) is 6.50. The van der Waals surface area contributed by atoms with Crippen LogP contribution in [0.25, 0.3) is 27.8 Å². The van der Waals surface area contributed by atoms with E-state index in [-0.39, 0.29) is 11.7 Å². The number of carbonyl (C=O) groups is 1. The van der Waals surface area contributed by atoms with E-state index in [4.69, 9.17) is 5.41 Å². The van der Waals surface area contributed by atoms with Crippen LogP contribution in [0, 0.1) is 12.3 Å². The van der Waals surface area contributed by atoms with E-state index < -0.39 is 0 Å². The van der Waals surface area contributed by atoms with Crippen LogP contribution in [-0.4, -0.2) is 20.1 Å². The van der Waals surface area contributed by atoms with Crippen molar-refractivity contribution in [2.24, 2.45) is 0 Å². The third-order valence-corrected chi connectivity index (χ3v) is 7.13. The van der Waals surface area contributed by atoms with E-state index in [0.717, 1.165) is 44.7 Å². The Bertz CT molecular complexity index is 1900. The fraction of sp³-hybridized carbons (Fsp3) is 0.0588. The summed E-state index contributed by atoms with van der Waals surface area (Å²) >= 11 is 0. The van der Waals surface area contributed by atoms with E-state index in [1.165, 1.54) is 0 Å². The van der Waals surface area contributed by atoms with E-state index >= 15 is 0 Å². The van der Waals surface area contributed by atoms with E-state index in [2.05, 4.69) is 5.32 Å². The van der Waals surface area contributed by atoms with Crippen LogP contribution in [0.1, 0.15) is 21.5 Å². The minimum absolute atomic E-state index is 0.157. The molecular formula is C34H28N4O2.